The predicted octanol–water partition coefficient (Wildman–Crippen LogP) is 2.89. The van der Waals surface area contributed by atoms with Gasteiger partial charge in [0.2, 0.25) is 0 Å². The molecule has 0 saturated carbocycles. The first-order valence-electron chi connectivity index (χ1n) is 7.16. The Balaban J connectivity index is 1.62. The molecule has 2 aromatic carbocycles. The Morgan fingerprint density at radius 1 is 1.22 bits per heavy atom. The molecule has 23 heavy (non-hydrogen) atoms. The highest BCUT2D eigenvalue weighted by molar-refractivity contribution is 5.95. The quantitative estimate of drug-likeness (QED) is 0.698. The van der Waals surface area contributed by atoms with Gasteiger partial charge in [-0.15, -0.1) is 0 Å². The van der Waals surface area contributed by atoms with Crippen LogP contribution in [0.5, 0.6) is 11.5 Å². The van der Waals surface area contributed by atoms with Crippen LogP contribution in [-0.4, -0.2) is 25.8 Å². The van der Waals surface area contributed by atoms with Gasteiger partial charge in [-0.05, 0) is 36.4 Å². The van der Waals surface area contributed by atoms with E-state index in [2.05, 4.69) is 10.5 Å². The molecule has 116 valence electrons. The van der Waals surface area contributed by atoms with Crippen molar-refractivity contribution in [2.75, 3.05) is 13.7 Å². The van der Waals surface area contributed by atoms with Gasteiger partial charge in [0.05, 0.1) is 13.3 Å². The number of hydrogen-bond acceptors (Lipinski definition) is 4. The van der Waals surface area contributed by atoms with Crippen LogP contribution >= 0.6 is 0 Å². The number of hydrazone groups is 1. The molecular formula is C18H16N2O3. The molecule has 2 aromatic rings. The number of methoxy groups -OCH3 is 1. The van der Waals surface area contributed by atoms with Crippen molar-refractivity contribution in [2.45, 2.75) is 0 Å². The third-order valence-electron chi connectivity index (χ3n) is 3.40. The monoisotopic (exact) mass is 308 g/mol. The largest absolute Gasteiger partial charge is 0.497 e. The average Bonchev–Trinajstić information content (AvgIpc) is 2.61. The summed E-state index contributed by atoms with van der Waals surface area (Å²) < 4.78 is 10.7. The van der Waals surface area contributed by atoms with Gasteiger partial charge in [-0.3, -0.25) is 4.79 Å². The molecule has 0 bridgehead atoms. The summed E-state index contributed by atoms with van der Waals surface area (Å²) in [4.78, 5) is 12.0. The first kappa shape index (κ1) is 14.8. The van der Waals surface area contributed by atoms with E-state index < -0.39 is 0 Å². The van der Waals surface area contributed by atoms with E-state index in [1.54, 1.807) is 37.6 Å². The van der Waals surface area contributed by atoms with Crippen LogP contribution in [0.1, 0.15) is 15.9 Å². The molecular weight excluding hydrogens is 292 g/mol. The van der Waals surface area contributed by atoms with Crippen molar-refractivity contribution in [3.05, 3.63) is 65.2 Å². The molecule has 5 heteroatoms. The summed E-state index contributed by atoms with van der Waals surface area (Å²) in [7, 11) is 1.58. The molecule has 0 aromatic heterocycles. The van der Waals surface area contributed by atoms with Crippen LogP contribution in [0.4, 0.5) is 0 Å². The summed E-state index contributed by atoms with van der Waals surface area (Å²) in [5.74, 6) is 1.28. The molecule has 0 unspecified atom stereocenters. The average molecular weight is 308 g/mol. The molecule has 0 atom stereocenters. The molecule has 1 N–H and O–H groups in total. The molecule has 3 rings (SSSR count). The van der Waals surface area contributed by atoms with Gasteiger partial charge in [0.1, 0.15) is 18.1 Å². The smallest absolute Gasteiger partial charge is 0.271 e. The summed E-state index contributed by atoms with van der Waals surface area (Å²) in [5.41, 5.74) is 4.91. The van der Waals surface area contributed by atoms with Crippen LogP contribution in [0.15, 0.2) is 59.2 Å². The number of para-hydroxylation sites is 1. The maximum Gasteiger partial charge on any atom is 0.271 e. The SMILES string of the molecule is COc1ccc(C(=O)N/N=C/C2=Cc3ccccc3OC2)cc1. The van der Waals surface area contributed by atoms with Crippen LogP contribution in [0.3, 0.4) is 0 Å². The molecule has 1 amide bonds. The first-order chi connectivity index (χ1) is 11.3. The van der Waals surface area contributed by atoms with Crippen LogP contribution in [-0.2, 0) is 0 Å². The van der Waals surface area contributed by atoms with Gasteiger partial charge in [-0.25, -0.2) is 5.43 Å². The summed E-state index contributed by atoms with van der Waals surface area (Å²) in [6, 6.07) is 14.6. The molecule has 0 radical (unpaired) electrons. The Labute approximate surface area is 134 Å². The minimum Gasteiger partial charge on any atom is -0.497 e. The van der Waals surface area contributed by atoms with E-state index in [1.807, 2.05) is 30.3 Å². The second kappa shape index (κ2) is 6.79. The van der Waals surface area contributed by atoms with E-state index in [0.29, 0.717) is 17.9 Å². The number of amides is 1. The van der Waals surface area contributed by atoms with Gasteiger partial charge in [-0.2, -0.15) is 5.10 Å². The van der Waals surface area contributed by atoms with Crippen LogP contribution in [0.25, 0.3) is 6.08 Å². The van der Waals surface area contributed by atoms with Crippen molar-refractivity contribution >= 4 is 18.2 Å². The van der Waals surface area contributed by atoms with E-state index in [-0.39, 0.29) is 5.91 Å². The van der Waals surface area contributed by atoms with Crippen LogP contribution < -0.4 is 14.9 Å². The number of fused-ring (bicyclic) bond motifs is 1. The molecule has 0 aliphatic carbocycles. The number of carbonyl (C=O) groups excluding carboxylic acids is 1. The highest BCUT2D eigenvalue weighted by Crippen LogP contribution is 2.24. The minimum absolute atomic E-state index is 0.276. The van der Waals surface area contributed by atoms with Gasteiger partial charge in [0, 0.05) is 16.7 Å². The predicted molar refractivity (Wildman–Crippen MR) is 88.9 cm³/mol. The minimum atomic E-state index is -0.276. The summed E-state index contributed by atoms with van der Waals surface area (Å²) >= 11 is 0. The maximum atomic E-state index is 12.0. The lowest BCUT2D eigenvalue weighted by atomic mass is 10.1. The van der Waals surface area contributed by atoms with Gasteiger partial charge in [0.15, 0.2) is 0 Å². The molecule has 1 aliphatic heterocycles. The fraction of sp³-hybridized carbons (Fsp3) is 0.111. The van der Waals surface area contributed by atoms with Crippen LogP contribution in [0.2, 0.25) is 0 Å². The highest BCUT2D eigenvalue weighted by atomic mass is 16.5. The lowest BCUT2D eigenvalue weighted by molar-refractivity contribution is 0.0955. The third-order valence-corrected chi connectivity index (χ3v) is 3.40. The number of benzene rings is 2. The fourth-order valence-electron chi connectivity index (χ4n) is 2.19. The summed E-state index contributed by atoms with van der Waals surface area (Å²) in [6.45, 7) is 0.429. The lowest BCUT2D eigenvalue weighted by Gasteiger charge is -2.15. The second-order valence-electron chi connectivity index (χ2n) is 4.97. The molecule has 1 aliphatic rings. The van der Waals surface area contributed by atoms with E-state index >= 15 is 0 Å². The second-order valence-corrected chi connectivity index (χ2v) is 4.97. The molecule has 0 saturated heterocycles. The topological polar surface area (TPSA) is 59.9 Å². The zero-order chi connectivity index (χ0) is 16.1. The molecule has 0 fully saturated rings. The molecule has 0 spiro atoms. The third kappa shape index (κ3) is 3.58. The highest BCUT2D eigenvalue weighted by Gasteiger charge is 2.09. The van der Waals surface area contributed by atoms with Gasteiger partial charge >= 0.3 is 0 Å². The van der Waals surface area contributed by atoms with E-state index in [1.165, 1.54) is 0 Å². The van der Waals surface area contributed by atoms with Crippen molar-refractivity contribution in [1.29, 1.82) is 0 Å². The van der Waals surface area contributed by atoms with E-state index in [4.69, 9.17) is 9.47 Å². The van der Waals surface area contributed by atoms with Crippen molar-refractivity contribution in [1.82, 2.24) is 5.43 Å². The number of ether oxygens (including phenoxy) is 2. The number of rotatable bonds is 4. The van der Waals surface area contributed by atoms with Crippen molar-refractivity contribution in [3.63, 3.8) is 0 Å². The Morgan fingerprint density at radius 3 is 2.78 bits per heavy atom. The molecule has 1 heterocycles. The van der Waals surface area contributed by atoms with Gasteiger partial charge in [0.25, 0.3) is 5.91 Å². The number of nitrogens with one attached hydrogen (secondary N) is 1. The zero-order valence-electron chi connectivity index (χ0n) is 12.7. The Morgan fingerprint density at radius 2 is 2.00 bits per heavy atom. The van der Waals surface area contributed by atoms with Gasteiger partial charge in [-0.1, -0.05) is 18.2 Å². The van der Waals surface area contributed by atoms with E-state index in [0.717, 1.165) is 16.9 Å². The summed E-state index contributed by atoms with van der Waals surface area (Å²) in [5, 5.41) is 3.98. The standard InChI is InChI=1S/C18H16N2O3/c1-22-16-8-6-14(7-9-16)18(21)20-19-11-13-10-15-4-2-3-5-17(15)23-12-13/h2-11H,12H2,1H3,(H,20,21)/b19-11+. The van der Waals surface area contributed by atoms with Crippen molar-refractivity contribution in [2.24, 2.45) is 5.10 Å². The maximum absolute atomic E-state index is 12.0. The zero-order valence-corrected chi connectivity index (χ0v) is 12.7. The van der Waals surface area contributed by atoms with Crippen molar-refractivity contribution < 1.29 is 14.3 Å². The lowest BCUT2D eigenvalue weighted by Crippen LogP contribution is -2.18. The van der Waals surface area contributed by atoms with Crippen molar-refractivity contribution in [3.8, 4) is 11.5 Å². The Bertz CT molecular complexity index is 764. The Hall–Kier alpha value is -3.08. The fourth-order valence-corrected chi connectivity index (χ4v) is 2.19. The normalized spacial score (nSPS) is 13.0. The molecule has 5 nitrogen and oxygen atoms in total. The summed E-state index contributed by atoms with van der Waals surface area (Å²) in [6.07, 6.45) is 3.58. The van der Waals surface area contributed by atoms with E-state index in [9.17, 15) is 4.79 Å². The number of carbonyl (C=O) groups is 1. The number of hydrogen-bond donors (Lipinski definition) is 1. The van der Waals surface area contributed by atoms with Crippen LogP contribution in [0, 0.1) is 0 Å². The first-order valence-corrected chi connectivity index (χ1v) is 7.16. The number of nitrogens with zero attached hydrogens (tertiary/aromatic N) is 1. The van der Waals surface area contributed by atoms with Gasteiger partial charge < -0.3 is 9.47 Å². The Kier molecular flexibility index (Phi) is 4.38.